The third-order valence-electron chi connectivity index (χ3n) is 4.30. The standard InChI is InChI=1S/C18H27N3O3/c1-3-14(2)18(23)20-13-17(22)19-12-15-6-4-5-7-16(15)21-8-10-24-11-9-21/h4-7,14H,3,8-13H2,1-2H3,(H,19,22)(H,20,23)/t14-/m1/s1. The maximum Gasteiger partial charge on any atom is 0.239 e. The molecule has 0 bridgehead atoms. The highest BCUT2D eigenvalue weighted by molar-refractivity contribution is 5.85. The Hall–Kier alpha value is -2.08. The number of ether oxygens (including phenoxy) is 1. The Morgan fingerprint density at radius 3 is 2.62 bits per heavy atom. The number of benzene rings is 1. The van der Waals surface area contributed by atoms with Gasteiger partial charge in [-0.1, -0.05) is 32.0 Å². The minimum absolute atomic E-state index is 0.0168. The molecule has 132 valence electrons. The highest BCUT2D eigenvalue weighted by atomic mass is 16.5. The predicted molar refractivity (Wildman–Crippen MR) is 93.8 cm³/mol. The van der Waals surface area contributed by atoms with Crippen LogP contribution in [0.5, 0.6) is 0 Å². The summed E-state index contributed by atoms with van der Waals surface area (Å²) in [6, 6.07) is 8.05. The zero-order chi connectivity index (χ0) is 17.4. The lowest BCUT2D eigenvalue weighted by atomic mass is 10.1. The van der Waals surface area contributed by atoms with E-state index in [-0.39, 0.29) is 24.3 Å². The molecule has 0 unspecified atom stereocenters. The Morgan fingerprint density at radius 1 is 1.21 bits per heavy atom. The van der Waals surface area contributed by atoms with E-state index in [0.717, 1.165) is 44.0 Å². The van der Waals surface area contributed by atoms with Gasteiger partial charge in [-0.05, 0) is 18.1 Å². The number of rotatable bonds is 7. The lowest BCUT2D eigenvalue weighted by Gasteiger charge is -2.30. The molecule has 2 amide bonds. The molecule has 6 nitrogen and oxygen atoms in total. The first-order valence-electron chi connectivity index (χ1n) is 8.56. The Morgan fingerprint density at radius 2 is 1.92 bits per heavy atom. The number of anilines is 1. The molecule has 0 aromatic heterocycles. The fourth-order valence-electron chi connectivity index (χ4n) is 2.56. The summed E-state index contributed by atoms with van der Waals surface area (Å²) in [7, 11) is 0. The summed E-state index contributed by atoms with van der Waals surface area (Å²) in [5.74, 6) is -0.329. The minimum Gasteiger partial charge on any atom is -0.378 e. The van der Waals surface area contributed by atoms with Gasteiger partial charge < -0.3 is 20.3 Å². The monoisotopic (exact) mass is 333 g/mol. The summed E-state index contributed by atoms with van der Waals surface area (Å²) in [5, 5.41) is 5.55. The summed E-state index contributed by atoms with van der Waals surface area (Å²) in [6.45, 7) is 7.43. The second-order valence-electron chi connectivity index (χ2n) is 6.03. The zero-order valence-corrected chi connectivity index (χ0v) is 14.5. The minimum atomic E-state index is -0.177. The second kappa shape index (κ2) is 9.27. The van der Waals surface area contributed by atoms with Gasteiger partial charge in [0.1, 0.15) is 0 Å². The average Bonchev–Trinajstić information content (AvgIpc) is 2.64. The van der Waals surface area contributed by atoms with Crippen LogP contribution in [0.2, 0.25) is 0 Å². The number of nitrogens with zero attached hydrogens (tertiary/aromatic N) is 1. The summed E-state index contributed by atoms with van der Waals surface area (Å²) in [6.07, 6.45) is 0.764. The van der Waals surface area contributed by atoms with Gasteiger partial charge in [0.2, 0.25) is 11.8 Å². The van der Waals surface area contributed by atoms with Crippen LogP contribution in [0.25, 0.3) is 0 Å². The highest BCUT2D eigenvalue weighted by Crippen LogP contribution is 2.21. The first-order valence-corrected chi connectivity index (χ1v) is 8.56. The van der Waals surface area contributed by atoms with Crippen LogP contribution >= 0.6 is 0 Å². The summed E-state index contributed by atoms with van der Waals surface area (Å²) >= 11 is 0. The molecule has 0 radical (unpaired) electrons. The first-order chi connectivity index (χ1) is 11.6. The van der Waals surface area contributed by atoms with Gasteiger partial charge in [-0.15, -0.1) is 0 Å². The highest BCUT2D eigenvalue weighted by Gasteiger charge is 2.15. The van der Waals surface area contributed by atoms with E-state index in [9.17, 15) is 9.59 Å². The Balaban J connectivity index is 1.85. The van der Waals surface area contributed by atoms with E-state index in [1.807, 2.05) is 32.0 Å². The van der Waals surface area contributed by atoms with Crippen molar-refractivity contribution in [3.05, 3.63) is 29.8 Å². The molecular weight excluding hydrogens is 306 g/mol. The Labute approximate surface area is 143 Å². The number of amides is 2. The summed E-state index contributed by atoms with van der Waals surface area (Å²) < 4.78 is 5.39. The van der Waals surface area contributed by atoms with Gasteiger partial charge in [0.05, 0.1) is 19.8 Å². The van der Waals surface area contributed by atoms with Crippen molar-refractivity contribution < 1.29 is 14.3 Å². The van der Waals surface area contributed by atoms with E-state index in [0.29, 0.717) is 6.54 Å². The predicted octanol–water partition coefficient (Wildman–Crippen LogP) is 1.30. The smallest absolute Gasteiger partial charge is 0.239 e. The van der Waals surface area contributed by atoms with Crippen LogP contribution in [0.4, 0.5) is 5.69 Å². The summed E-state index contributed by atoms with van der Waals surface area (Å²) in [4.78, 5) is 25.9. The molecular formula is C18H27N3O3. The molecule has 1 aromatic carbocycles. The van der Waals surface area contributed by atoms with Crippen LogP contribution in [0.15, 0.2) is 24.3 Å². The van der Waals surface area contributed by atoms with Gasteiger partial charge in [0, 0.05) is 31.2 Å². The molecule has 1 aromatic rings. The first kappa shape index (κ1) is 18.3. The quantitative estimate of drug-likeness (QED) is 0.789. The summed E-state index contributed by atoms with van der Waals surface area (Å²) in [5.41, 5.74) is 2.20. The fourth-order valence-corrected chi connectivity index (χ4v) is 2.56. The molecule has 1 aliphatic rings. The van der Waals surface area contributed by atoms with Gasteiger partial charge in [0.15, 0.2) is 0 Å². The molecule has 6 heteroatoms. The van der Waals surface area contributed by atoms with Crippen LogP contribution in [0.1, 0.15) is 25.8 Å². The van der Waals surface area contributed by atoms with E-state index in [4.69, 9.17) is 4.74 Å². The van der Waals surface area contributed by atoms with Crippen LogP contribution in [0.3, 0.4) is 0 Å². The molecule has 1 atom stereocenters. The molecule has 1 saturated heterocycles. The number of hydrogen-bond acceptors (Lipinski definition) is 4. The Bertz CT molecular complexity index is 556. The van der Waals surface area contributed by atoms with Crippen molar-refractivity contribution in [2.75, 3.05) is 37.7 Å². The second-order valence-corrected chi connectivity index (χ2v) is 6.03. The topological polar surface area (TPSA) is 70.7 Å². The number of hydrogen-bond donors (Lipinski definition) is 2. The van der Waals surface area contributed by atoms with E-state index < -0.39 is 0 Å². The van der Waals surface area contributed by atoms with Crippen LogP contribution < -0.4 is 15.5 Å². The van der Waals surface area contributed by atoms with Crippen LogP contribution in [-0.2, 0) is 20.9 Å². The van der Waals surface area contributed by atoms with Crippen molar-refractivity contribution in [3.63, 3.8) is 0 Å². The molecule has 0 aliphatic carbocycles. The third kappa shape index (κ3) is 5.23. The third-order valence-corrected chi connectivity index (χ3v) is 4.30. The van der Waals surface area contributed by atoms with E-state index >= 15 is 0 Å². The molecule has 24 heavy (non-hydrogen) atoms. The fraction of sp³-hybridized carbons (Fsp3) is 0.556. The maximum atomic E-state index is 12.0. The SMILES string of the molecule is CC[C@@H](C)C(=O)NCC(=O)NCc1ccccc1N1CCOCC1. The molecule has 0 saturated carbocycles. The molecule has 1 fully saturated rings. The van der Waals surface area contributed by atoms with Gasteiger partial charge in [-0.3, -0.25) is 9.59 Å². The Kier molecular flexibility index (Phi) is 7.06. The number of para-hydroxylation sites is 1. The van der Waals surface area contributed by atoms with Crippen molar-refractivity contribution in [2.45, 2.75) is 26.8 Å². The van der Waals surface area contributed by atoms with Gasteiger partial charge >= 0.3 is 0 Å². The largest absolute Gasteiger partial charge is 0.378 e. The molecule has 2 rings (SSSR count). The van der Waals surface area contributed by atoms with E-state index in [1.165, 1.54) is 0 Å². The molecule has 1 aliphatic heterocycles. The van der Waals surface area contributed by atoms with Crippen molar-refractivity contribution in [2.24, 2.45) is 5.92 Å². The van der Waals surface area contributed by atoms with Crippen molar-refractivity contribution in [3.8, 4) is 0 Å². The van der Waals surface area contributed by atoms with Crippen molar-refractivity contribution >= 4 is 17.5 Å². The van der Waals surface area contributed by atoms with Crippen LogP contribution in [0, 0.1) is 5.92 Å². The normalized spacial score (nSPS) is 15.7. The van der Waals surface area contributed by atoms with Crippen molar-refractivity contribution in [1.82, 2.24) is 10.6 Å². The van der Waals surface area contributed by atoms with Gasteiger partial charge in [-0.25, -0.2) is 0 Å². The van der Waals surface area contributed by atoms with Crippen molar-refractivity contribution in [1.29, 1.82) is 0 Å². The molecule has 1 heterocycles. The van der Waals surface area contributed by atoms with Gasteiger partial charge in [0.25, 0.3) is 0 Å². The number of morpholine rings is 1. The lowest BCUT2D eigenvalue weighted by Crippen LogP contribution is -2.39. The number of carbonyl (C=O) groups is 2. The number of carbonyl (C=O) groups excluding carboxylic acids is 2. The zero-order valence-electron chi connectivity index (χ0n) is 14.5. The molecule has 2 N–H and O–H groups in total. The number of nitrogens with one attached hydrogen (secondary N) is 2. The van der Waals surface area contributed by atoms with Crippen LogP contribution in [-0.4, -0.2) is 44.7 Å². The van der Waals surface area contributed by atoms with E-state index in [1.54, 1.807) is 0 Å². The lowest BCUT2D eigenvalue weighted by molar-refractivity contribution is -0.128. The van der Waals surface area contributed by atoms with Gasteiger partial charge in [-0.2, -0.15) is 0 Å². The average molecular weight is 333 g/mol. The molecule has 0 spiro atoms. The van der Waals surface area contributed by atoms with E-state index in [2.05, 4.69) is 21.6 Å². The maximum absolute atomic E-state index is 12.0.